The summed E-state index contributed by atoms with van der Waals surface area (Å²) in [4.78, 5) is 35.2. The first-order chi connectivity index (χ1) is 19.4. The van der Waals surface area contributed by atoms with Crippen molar-refractivity contribution in [2.75, 3.05) is 33.3 Å². The maximum atomic E-state index is 12.9. The van der Waals surface area contributed by atoms with Crippen molar-refractivity contribution >= 4 is 5.97 Å². The van der Waals surface area contributed by atoms with Crippen LogP contribution >= 0.6 is 0 Å². The summed E-state index contributed by atoms with van der Waals surface area (Å²) in [6.45, 7) is 14.3. The third-order valence-corrected chi connectivity index (χ3v) is 7.33. The average Bonchev–Trinajstić information content (AvgIpc) is 3.66. The first-order valence-corrected chi connectivity index (χ1v) is 14.8. The number of esters is 1. The Balaban J connectivity index is 1.62. The topological polar surface area (TPSA) is 93.4 Å². The van der Waals surface area contributed by atoms with Crippen LogP contribution in [0.2, 0.25) is 0 Å². The van der Waals surface area contributed by atoms with Gasteiger partial charge in [0, 0.05) is 37.9 Å². The number of aromatic nitrogens is 4. The number of carbonyl (C=O) groups is 1. The van der Waals surface area contributed by atoms with Gasteiger partial charge in [0.05, 0.1) is 19.2 Å². The van der Waals surface area contributed by atoms with E-state index in [1.54, 1.807) is 12.4 Å². The lowest BCUT2D eigenvalue weighted by molar-refractivity contribution is -0.149. The van der Waals surface area contributed by atoms with Crippen molar-refractivity contribution in [1.29, 1.82) is 0 Å². The van der Waals surface area contributed by atoms with E-state index in [2.05, 4.69) is 79.7 Å². The molecule has 0 amide bonds. The second-order valence-electron chi connectivity index (χ2n) is 10.6. The molecule has 9 heteroatoms. The van der Waals surface area contributed by atoms with Crippen LogP contribution < -0.4 is 0 Å². The van der Waals surface area contributed by atoms with E-state index in [4.69, 9.17) is 4.74 Å². The van der Waals surface area contributed by atoms with Gasteiger partial charge in [-0.1, -0.05) is 38.1 Å². The van der Waals surface area contributed by atoms with Crippen LogP contribution in [0.1, 0.15) is 82.2 Å². The van der Waals surface area contributed by atoms with E-state index in [-0.39, 0.29) is 18.1 Å². The van der Waals surface area contributed by atoms with Crippen molar-refractivity contribution in [2.24, 2.45) is 0 Å². The molecule has 0 aliphatic carbocycles. The zero-order chi connectivity index (χ0) is 28.7. The van der Waals surface area contributed by atoms with Gasteiger partial charge in [0.15, 0.2) is 0 Å². The molecule has 0 radical (unpaired) electrons. The summed E-state index contributed by atoms with van der Waals surface area (Å²) in [6, 6.07) is 8.55. The number of rotatable bonds is 19. The number of imidazole rings is 2. The Morgan fingerprint density at radius 1 is 0.900 bits per heavy atom. The summed E-state index contributed by atoms with van der Waals surface area (Å²) in [5, 5.41) is 0. The number of aromatic amines is 2. The first kappa shape index (κ1) is 31.5. The Kier molecular flexibility index (Phi) is 13.4. The van der Waals surface area contributed by atoms with Gasteiger partial charge in [-0.05, 0) is 77.3 Å². The minimum absolute atomic E-state index is 0.0989. The number of nitrogens with one attached hydrogen (secondary N) is 2. The minimum Gasteiger partial charge on any atom is -0.465 e. The molecular formula is C31H49N7O2. The summed E-state index contributed by atoms with van der Waals surface area (Å²) in [5.74, 6) is 1.73. The fourth-order valence-electron chi connectivity index (χ4n) is 5.20. The third kappa shape index (κ3) is 9.87. The normalized spacial score (nSPS) is 13.3. The Morgan fingerprint density at radius 3 is 2.12 bits per heavy atom. The van der Waals surface area contributed by atoms with E-state index < -0.39 is 0 Å². The summed E-state index contributed by atoms with van der Waals surface area (Å²) in [6.07, 6.45) is 11.4. The smallest absolute Gasteiger partial charge is 0.323 e. The third-order valence-electron chi connectivity index (χ3n) is 7.33. The van der Waals surface area contributed by atoms with Gasteiger partial charge < -0.3 is 19.6 Å². The highest BCUT2D eigenvalue weighted by Gasteiger charge is 2.25. The molecule has 0 saturated carbocycles. The second kappa shape index (κ2) is 16.9. The first-order valence-electron chi connectivity index (χ1n) is 14.8. The lowest BCUT2D eigenvalue weighted by Gasteiger charge is -2.28. The number of hydrogen-bond acceptors (Lipinski definition) is 7. The van der Waals surface area contributed by atoms with Gasteiger partial charge in [0.25, 0.3) is 0 Å². The number of ether oxygens (including phenoxy) is 1. The van der Waals surface area contributed by atoms with Crippen LogP contribution in [-0.4, -0.2) is 79.9 Å². The highest BCUT2D eigenvalue weighted by Crippen LogP contribution is 2.22. The van der Waals surface area contributed by atoms with Crippen LogP contribution in [0.25, 0.3) is 0 Å². The maximum absolute atomic E-state index is 12.9. The van der Waals surface area contributed by atoms with Crippen LogP contribution in [0.3, 0.4) is 0 Å². The molecule has 0 spiro atoms. The molecule has 2 N–H and O–H groups in total. The number of nitrogens with zero attached hydrogens (tertiary/aromatic N) is 5. The second-order valence-corrected chi connectivity index (χ2v) is 10.6. The summed E-state index contributed by atoms with van der Waals surface area (Å²) in [5.41, 5.74) is 2.39. The molecule has 2 heterocycles. The fraction of sp³-hybridized carbons (Fsp3) is 0.581. The van der Waals surface area contributed by atoms with Gasteiger partial charge in [0.1, 0.15) is 17.7 Å². The standard InChI is InChI=1S/C31H49N7O2/c1-6-19-37(20-7-2)21-9-10-28(31(39)40-8-3)36(5)22-26-11-13-27(14-12-26)23-38(24-29-32-15-16-33-29)25(4)30-34-17-18-35-30/h11-18,25,28H,6-10,19-24H2,1-5H3,(H,32,33)(H,34,35)/t25?,28-/m1/s1. The molecule has 0 fully saturated rings. The van der Waals surface area contributed by atoms with Gasteiger partial charge >= 0.3 is 5.97 Å². The molecule has 2 aromatic heterocycles. The summed E-state index contributed by atoms with van der Waals surface area (Å²) >= 11 is 0. The molecular weight excluding hydrogens is 502 g/mol. The quantitative estimate of drug-likeness (QED) is 0.199. The van der Waals surface area contributed by atoms with Crippen molar-refractivity contribution in [2.45, 2.75) is 85.1 Å². The van der Waals surface area contributed by atoms with Gasteiger partial charge in [-0.25, -0.2) is 9.97 Å². The Labute approximate surface area is 240 Å². The highest BCUT2D eigenvalue weighted by molar-refractivity contribution is 5.75. The van der Waals surface area contributed by atoms with E-state index in [0.29, 0.717) is 19.7 Å². The fourth-order valence-corrected chi connectivity index (χ4v) is 5.20. The monoisotopic (exact) mass is 551 g/mol. The SMILES string of the molecule is CCCN(CCC)CCC[C@H](C(=O)OCC)N(C)Cc1ccc(CN(Cc2ncc[nH]2)C(C)c2ncc[nH]2)cc1. The Hall–Kier alpha value is -3.01. The van der Waals surface area contributed by atoms with Gasteiger partial charge in [-0.2, -0.15) is 0 Å². The number of benzene rings is 1. The highest BCUT2D eigenvalue weighted by atomic mass is 16.5. The van der Waals surface area contributed by atoms with Crippen molar-refractivity contribution in [3.63, 3.8) is 0 Å². The molecule has 3 rings (SSSR count). The van der Waals surface area contributed by atoms with Crippen molar-refractivity contribution in [3.05, 3.63) is 71.8 Å². The van der Waals surface area contributed by atoms with Crippen molar-refractivity contribution < 1.29 is 9.53 Å². The number of likely N-dealkylation sites (N-methyl/N-ethyl adjacent to an activating group) is 1. The number of hydrogen-bond donors (Lipinski definition) is 2. The predicted molar refractivity (Wildman–Crippen MR) is 159 cm³/mol. The maximum Gasteiger partial charge on any atom is 0.323 e. The number of carbonyl (C=O) groups excluding carboxylic acids is 1. The summed E-state index contributed by atoms with van der Waals surface area (Å²) < 4.78 is 5.46. The summed E-state index contributed by atoms with van der Waals surface area (Å²) in [7, 11) is 2.03. The molecule has 0 aliphatic rings. The molecule has 0 aliphatic heterocycles. The Bertz CT molecular complexity index is 1060. The molecule has 1 unspecified atom stereocenters. The minimum atomic E-state index is -0.248. The molecule has 1 aromatic carbocycles. The van der Waals surface area contributed by atoms with Crippen LogP contribution in [0.5, 0.6) is 0 Å². The van der Waals surface area contributed by atoms with E-state index in [0.717, 1.165) is 63.5 Å². The van der Waals surface area contributed by atoms with E-state index in [1.165, 1.54) is 11.1 Å². The zero-order valence-electron chi connectivity index (χ0n) is 25.1. The van der Waals surface area contributed by atoms with Crippen LogP contribution in [0.15, 0.2) is 49.1 Å². The number of H-pyrrole nitrogens is 2. The Morgan fingerprint density at radius 2 is 1.55 bits per heavy atom. The molecule has 0 saturated heterocycles. The van der Waals surface area contributed by atoms with E-state index in [9.17, 15) is 4.79 Å². The van der Waals surface area contributed by atoms with Crippen LogP contribution in [-0.2, 0) is 29.2 Å². The lowest BCUT2D eigenvalue weighted by Crippen LogP contribution is -2.40. The van der Waals surface area contributed by atoms with E-state index >= 15 is 0 Å². The van der Waals surface area contributed by atoms with Gasteiger partial charge in [-0.15, -0.1) is 0 Å². The van der Waals surface area contributed by atoms with Crippen molar-refractivity contribution in [1.82, 2.24) is 34.6 Å². The van der Waals surface area contributed by atoms with Crippen LogP contribution in [0, 0.1) is 0 Å². The average molecular weight is 552 g/mol. The van der Waals surface area contributed by atoms with E-state index in [1.807, 2.05) is 26.4 Å². The lowest BCUT2D eigenvalue weighted by atomic mass is 10.1. The molecule has 3 aromatic rings. The largest absolute Gasteiger partial charge is 0.465 e. The molecule has 40 heavy (non-hydrogen) atoms. The zero-order valence-corrected chi connectivity index (χ0v) is 25.1. The molecule has 0 bridgehead atoms. The molecule has 9 nitrogen and oxygen atoms in total. The van der Waals surface area contributed by atoms with Crippen LogP contribution in [0.4, 0.5) is 0 Å². The van der Waals surface area contributed by atoms with Gasteiger partial charge in [0.2, 0.25) is 0 Å². The predicted octanol–water partition coefficient (Wildman–Crippen LogP) is 5.16. The van der Waals surface area contributed by atoms with Crippen molar-refractivity contribution in [3.8, 4) is 0 Å². The molecule has 2 atom stereocenters. The van der Waals surface area contributed by atoms with Gasteiger partial charge in [-0.3, -0.25) is 14.6 Å². The molecule has 220 valence electrons.